The molecule has 0 aliphatic rings. The zero-order valence-corrected chi connectivity index (χ0v) is 29.3. The number of hydrogen-bond acceptors (Lipinski definition) is 11. The normalized spacial score (nSPS) is 12.0. The quantitative estimate of drug-likeness (QED) is 0.128. The molecule has 0 aliphatic heterocycles. The molecule has 0 saturated heterocycles. The molecule has 0 unspecified atom stereocenters. The summed E-state index contributed by atoms with van der Waals surface area (Å²) in [6.07, 6.45) is 3.02. The third-order valence-corrected chi connectivity index (χ3v) is 14.9. The van der Waals surface area contributed by atoms with Crippen LogP contribution >= 0.6 is 37.9 Å². The second-order valence-electron chi connectivity index (χ2n) is 7.30. The van der Waals surface area contributed by atoms with E-state index in [2.05, 4.69) is 44.4 Å². The molecule has 35 heavy (non-hydrogen) atoms. The predicted molar refractivity (Wildman–Crippen MR) is 163 cm³/mol. The number of rotatable bonds is 20. The van der Waals surface area contributed by atoms with E-state index in [1.807, 2.05) is 20.8 Å². The zero-order chi connectivity index (χ0) is 27.6. The van der Waals surface area contributed by atoms with Crippen LogP contribution in [0.25, 0.3) is 0 Å². The molecule has 216 valence electrons. The average molecular weight is 615 g/mol. The molecule has 0 bridgehead atoms. The van der Waals surface area contributed by atoms with Crippen LogP contribution in [0.3, 0.4) is 0 Å². The van der Waals surface area contributed by atoms with E-state index in [4.69, 9.17) is 35.4 Å². The minimum atomic E-state index is -2.37. The summed E-state index contributed by atoms with van der Waals surface area (Å²) in [6, 6.07) is 2.73. The lowest BCUT2D eigenvalue weighted by Gasteiger charge is -2.28. The fourth-order valence-corrected chi connectivity index (χ4v) is 9.93. The minimum Gasteiger partial charge on any atom is -0.398 e. The smallest absolute Gasteiger partial charge is 0.398 e. The standard InChI is InChI=1S/C9H22O3SSi.C6H16O3SSi.C6H16O2SSi/c1-4-10-14(11-5-2,12-6-3)9-7-8-13;1-7-11(8-2,9-3)6-4-5-10;1-7-10(3,8-2)6-4-5-9/h13H,4-9H2,1-3H3;10H,4-6H2,1-3H3;9H,4-6H2,1-3H3. The summed E-state index contributed by atoms with van der Waals surface area (Å²) in [4.78, 5) is 0. The van der Waals surface area contributed by atoms with Crippen molar-refractivity contribution in [3.05, 3.63) is 0 Å². The second-order valence-corrected chi connectivity index (χ2v) is 18.0. The molecule has 0 aromatic rings. The molecular formula is C21H54O8S3Si3. The maximum atomic E-state index is 5.67. The van der Waals surface area contributed by atoms with Crippen molar-refractivity contribution in [3.63, 3.8) is 0 Å². The van der Waals surface area contributed by atoms with E-state index < -0.39 is 26.2 Å². The Labute approximate surface area is 236 Å². The second kappa shape index (κ2) is 27.0. The van der Waals surface area contributed by atoms with Gasteiger partial charge in [-0.1, -0.05) is 0 Å². The molecule has 0 atom stereocenters. The van der Waals surface area contributed by atoms with Crippen LogP contribution in [0.4, 0.5) is 0 Å². The molecule has 0 rings (SSSR count). The summed E-state index contributed by atoms with van der Waals surface area (Å²) >= 11 is 12.4. The van der Waals surface area contributed by atoms with Crippen molar-refractivity contribution < 1.29 is 35.4 Å². The van der Waals surface area contributed by atoms with Crippen molar-refractivity contribution in [2.24, 2.45) is 0 Å². The lowest BCUT2D eigenvalue weighted by Crippen LogP contribution is -2.46. The van der Waals surface area contributed by atoms with Gasteiger partial charge in [-0.05, 0) is 69.9 Å². The van der Waals surface area contributed by atoms with Gasteiger partial charge in [0.15, 0.2) is 0 Å². The Bertz CT molecular complexity index is 413. The van der Waals surface area contributed by atoms with Crippen LogP contribution in [-0.2, 0) is 35.4 Å². The van der Waals surface area contributed by atoms with Crippen molar-refractivity contribution in [2.45, 2.75) is 64.7 Å². The van der Waals surface area contributed by atoms with Crippen LogP contribution in [0.2, 0.25) is 24.7 Å². The van der Waals surface area contributed by atoms with Crippen molar-refractivity contribution >= 4 is 64.1 Å². The molecule has 14 heteroatoms. The van der Waals surface area contributed by atoms with Crippen LogP contribution in [-0.4, -0.2) is 98.8 Å². The molecule has 0 aliphatic carbocycles. The average Bonchev–Trinajstić information content (AvgIpc) is 2.88. The van der Waals surface area contributed by atoms with Gasteiger partial charge in [-0.2, -0.15) is 37.9 Å². The Hall–Kier alpha value is 1.38. The van der Waals surface area contributed by atoms with E-state index in [1.165, 1.54) is 0 Å². The summed E-state index contributed by atoms with van der Waals surface area (Å²) in [7, 11) is 1.88. The van der Waals surface area contributed by atoms with Crippen molar-refractivity contribution in [1.82, 2.24) is 0 Å². The third-order valence-electron chi connectivity index (χ3n) is 4.96. The molecule has 0 aromatic heterocycles. The first-order chi connectivity index (χ1) is 16.7. The highest BCUT2D eigenvalue weighted by Crippen LogP contribution is 2.18. The SMILES string of the molecule is CCO[Si](CCCS)(OCC)OCC.CO[Si](C)(CCCS)OC.CO[Si](CCCS)(OC)OC. The molecule has 0 saturated carbocycles. The number of thiol groups is 3. The Morgan fingerprint density at radius 1 is 0.486 bits per heavy atom. The van der Waals surface area contributed by atoms with Crippen LogP contribution in [0.1, 0.15) is 40.0 Å². The summed E-state index contributed by atoms with van der Waals surface area (Å²) < 4.78 is 43.2. The first-order valence-corrected chi connectivity index (χ1v) is 20.5. The Morgan fingerprint density at radius 2 is 0.800 bits per heavy atom. The van der Waals surface area contributed by atoms with Crippen molar-refractivity contribution in [3.8, 4) is 0 Å². The largest absolute Gasteiger partial charge is 0.500 e. The summed E-state index contributed by atoms with van der Waals surface area (Å²) in [6.45, 7) is 9.94. The van der Waals surface area contributed by atoms with E-state index in [9.17, 15) is 0 Å². The van der Waals surface area contributed by atoms with Gasteiger partial charge in [0.25, 0.3) is 0 Å². The van der Waals surface area contributed by atoms with Crippen molar-refractivity contribution in [1.29, 1.82) is 0 Å². The first-order valence-electron chi connectivity index (χ1n) is 12.2. The van der Waals surface area contributed by atoms with E-state index in [0.29, 0.717) is 19.8 Å². The van der Waals surface area contributed by atoms with Gasteiger partial charge in [0.2, 0.25) is 0 Å². The summed E-state index contributed by atoms with van der Waals surface area (Å²) in [5.74, 6) is 2.60. The highest BCUT2D eigenvalue weighted by Gasteiger charge is 2.39. The topological polar surface area (TPSA) is 73.8 Å². The molecular weight excluding hydrogens is 561 g/mol. The van der Waals surface area contributed by atoms with E-state index in [1.54, 1.807) is 35.5 Å². The van der Waals surface area contributed by atoms with Crippen LogP contribution in [0, 0.1) is 0 Å². The molecule has 0 heterocycles. The van der Waals surface area contributed by atoms with Gasteiger partial charge in [-0.15, -0.1) is 0 Å². The van der Waals surface area contributed by atoms with Gasteiger partial charge >= 0.3 is 26.2 Å². The van der Waals surface area contributed by atoms with Gasteiger partial charge in [-0.25, -0.2) is 0 Å². The highest BCUT2D eigenvalue weighted by atomic mass is 32.1. The molecule has 0 fully saturated rings. The molecule has 0 aromatic carbocycles. The van der Waals surface area contributed by atoms with Gasteiger partial charge in [0.05, 0.1) is 0 Å². The molecule has 8 nitrogen and oxygen atoms in total. The van der Waals surface area contributed by atoms with Gasteiger partial charge in [0.1, 0.15) is 0 Å². The monoisotopic (exact) mass is 614 g/mol. The van der Waals surface area contributed by atoms with Crippen LogP contribution < -0.4 is 0 Å². The molecule has 0 amide bonds. The summed E-state index contributed by atoms with van der Waals surface area (Å²) in [5, 5.41) is 0. The van der Waals surface area contributed by atoms with Gasteiger partial charge in [-0.3, -0.25) is 0 Å². The minimum absolute atomic E-state index is 0.652. The fraction of sp³-hybridized carbons (Fsp3) is 1.00. The van der Waals surface area contributed by atoms with Crippen molar-refractivity contribution in [2.75, 3.05) is 72.6 Å². The van der Waals surface area contributed by atoms with Crippen LogP contribution in [0.5, 0.6) is 0 Å². The van der Waals surface area contributed by atoms with Crippen LogP contribution in [0.15, 0.2) is 0 Å². The fourth-order valence-electron chi connectivity index (χ4n) is 2.84. The molecule has 0 radical (unpaired) electrons. The molecule has 0 N–H and O–H groups in total. The molecule has 0 spiro atoms. The predicted octanol–water partition coefficient (Wildman–Crippen LogP) is 5.21. The van der Waals surface area contributed by atoms with E-state index >= 15 is 0 Å². The third kappa shape index (κ3) is 20.9. The lowest BCUT2D eigenvalue weighted by atomic mass is 10.6. The van der Waals surface area contributed by atoms with Gasteiger partial charge in [0, 0.05) is 67.5 Å². The Morgan fingerprint density at radius 3 is 1.06 bits per heavy atom. The Kier molecular flexibility index (Phi) is 31.5. The number of hydrogen-bond donors (Lipinski definition) is 3. The van der Waals surface area contributed by atoms with Gasteiger partial charge < -0.3 is 35.4 Å². The van der Waals surface area contributed by atoms with E-state index in [0.717, 1.165) is 54.7 Å². The first kappa shape index (κ1) is 40.9. The lowest BCUT2D eigenvalue weighted by molar-refractivity contribution is 0.0712. The van der Waals surface area contributed by atoms with E-state index in [-0.39, 0.29) is 0 Å². The Balaban J connectivity index is -0.000000447. The maximum absolute atomic E-state index is 5.67. The highest BCUT2D eigenvalue weighted by molar-refractivity contribution is 7.80. The zero-order valence-electron chi connectivity index (χ0n) is 23.6. The maximum Gasteiger partial charge on any atom is 0.500 e. The summed E-state index contributed by atoms with van der Waals surface area (Å²) in [5.41, 5.74) is 0.